The fourth-order valence-corrected chi connectivity index (χ4v) is 6.80. The second kappa shape index (κ2) is 15.2. The molecule has 8 nitrogen and oxygen atoms in total. The van der Waals surface area contributed by atoms with E-state index in [4.69, 9.17) is 23.7 Å². The van der Waals surface area contributed by atoms with Gasteiger partial charge in [0, 0.05) is 38.8 Å². The summed E-state index contributed by atoms with van der Waals surface area (Å²) >= 11 is 0. The number of benzene rings is 3. The summed E-state index contributed by atoms with van der Waals surface area (Å²) in [5, 5.41) is 9.27. The molecule has 5 rings (SSSR count). The van der Waals surface area contributed by atoms with Gasteiger partial charge in [-0.2, -0.15) is 5.26 Å². The molecule has 0 aromatic heterocycles. The van der Waals surface area contributed by atoms with Crippen molar-refractivity contribution in [3.05, 3.63) is 77.4 Å². The first kappa shape index (κ1) is 31.5. The van der Waals surface area contributed by atoms with Gasteiger partial charge in [0.2, 0.25) is 0 Å². The van der Waals surface area contributed by atoms with Crippen molar-refractivity contribution in [2.75, 3.05) is 67.7 Å². The molecule has 0 radical (unpaired) electrons. The van der Waals surface area contributed by atoms with Crippen LogP contribution in [0.1, 0.15) is 42.1 Å². The van der Waals surface area contributed by atoms with Crippen molar-refractivity contribution in [1.29, 1.82) is 5.26 Å². The Kier molecular flexibility index (Phi) is 10.9. The summed E-state index contributed by atoms with van der Waals surface area (Å²) in [4.78, 5) is 5.32. The van der Waals surface area contributed by atoms with E-state index >= 15 is 0 Å². The van der Waals surface area contributed by atoms with Crippen molar-refractivity contribution >= 4 is 0 Å². The van der Waals surface area contributed by atoms with Crippen molar-refractivity contribution in [2.24, 2.45) is 11.8 Å². The highest BCUT2D eigenvalue weighted by molar-refractivity contribution is 5.46. The fraction of sp³-hybridized carbons (Fsp3) is 0.472. The molecule has 8 heteroatoms. The maximum absolute atomic E-state index is 9.27. The zero-order chi connectivity index (χ0) is 30.9. The molecule has 2 bridgehead atoms. The number of methoxy groups -OCH3 is 4. The van der Waals surface area contributed by atoms with Gasteiger partial charge >= 0.3 is 0 Å². The zero-order valence-corrected chi connectivity index (χ0v) is 26.5. The Bertz CT molecular complexity index is 1390. The SMILES string of the molecule is COc1ccc(CCN2CC3CC(CN(CCCC(Oc4ccc(OC)c(OC)c4)c4ccc(C#N)cc4)C3)C2)cc1OC. The summed E-state index contributed by atoms with van der Waals surface area (Å²) in [5.41, 5.74) is 3.00. The molecule has 3 unspecified atom stereocenters. The van der Waals surface area contributed by atoms with Crippen molar-refractivity contribution in [1.82, 2.24) is 9.80 Å². The van der Waals surface area contributed by atoms with Gasteiger partial charge in [-0.05, 0) is 91.6 Å². The molecule has 3 aromatic rings. The number of nitrogens with zero attached hydrogens (tertiary/aromatic N) is 3. The van der Waals surface area contributed by atoms with Crippen LogP contribution in [-0.2, 0) is 6.42 Å². The van der Waals surface area contributed by atoms with Gasteiger partial charge in [-0.3, -0.25) is 0 Å². The molecular weight excluding hydrogens is 554 g/mol. The second-order valence-corrected chi connectivity index (χ2v) is 11.9. The van der Waals surface area contributed by atoms with Crippen LogP contribution in [0.15, 0.2) is 60.7 Å². The summed E-state index contributed by atoms with van der Waals surface area (Å²) in [6, 6.07) is 21.9. The zero-order valence-electron chi connectivity index (χ0n) is 26.5. The van der Waals surface area contributed by atoms with E-state index in [9.17, 15) is 5.26 Å². The minimum absolute atomic E-state index is 0.128. The van der Waals surface area contributed by atoms with Gasteiger partial charge in [-0.25, -0.2) is 0 Å². The molecule has 2 saturated heterocycles. The number of fused-ring (bicyclic) bond motifs is 2. The first-order valence-corrected chi connectivity index (χ1v) is 15.6. The lowest BCUT2D eigenvalue weighted by Crippen LogP contribution is -2.53. The number of ether oxygens (including phenoxy) is 5. The van der Waals surface area contributed by atoms with Gasteiger partial charge in [0.1, 0.15) is 11.9 Å². The predicted octanol–water partition coefficient (Wildman–Crippen LogP) is 5.99. The molecule has 2 aliphatic heterocycles. The van der Waals surface area contributed by atoms with Crippen LogP contribution in [0.3, 0.4) is 0 Å². The van der Waals surface area contributed by atoms with Gasteiger partial charge < -0.3 is 33.5 Å². The third-order valence-corrected chi connectivity index (χ3v) is 8.88. The van der Waals surface area contributed by atoms with Crippen LogP contribution in [-0.4, -0.2) is 77.5 Å². The van der Waals surface area contributed by atoms with Gasteiger partial charge in [-0.1, -0.05) is 18.2 Å². The van der Waals surface area contributed by atoms with E-state index in [1.807, 2.05) is 48.5 Å². The Hall–Kier alpha value is -3.93. The van der Waals surface area contributed by atoms with E-state index < -0.39 is 0 Å². The van der Waals surface area contributed by atoms with Crippen LogP contribution in [0.2, 0.25) is 0 Å². The quantitative estimate of drug-likeness (QED) is 0.224. The molecule has 0 saturated carbocycles. The topological polar surface area (TPSA) is 76.4 Å². The molecular formula is C36H45N3O5. The minimum atomic E-state index is -0.128. The number of piperidine rings is 2. The van der Waals surface area contributed by atoms with Crippen LogP contribution in [0.4, 0.5) is 0 Å². The predicted molar refractivity (Wildman–Crippen MR) is 171 cm³/mol. The molecule has 2 aliphatic rings. The molecule has 0 amide bonds. The van der Waals surface area contributed by atoms with E-state index in [0.717, 1.165) is 81.3 Å². The van der Waals surface area contributed by atoms with E-state index in [1.165, 1.54) is 12.0 Å². The van der Waals surface area contributed by atoms with E-state index in [0.29, 0.717) is 28.9 Å². The lowest BCUT2D eigenvalue weighted by Gasteiger charge is -2.46. The van der Waals surface area contributed by atoms with Gasteiger partial charge in [0.15, 0.2) is 23.0 Å². The van der Waals surface area contributed by atoms with Crippen molar-refractivity contribution in [3.63, 3.8) is 0 Å². The van der Waals surface area contributed by atoms with E-state index in [2.05, 4.69) is 28.0 Å². The van der Waals surface area contributed by atoms with Gasteiger partial charge in [-0.15, -0.1) is 0 Å². The van der Waals surface area contributed by atoms with Crippen LogP contribution in [0.25, 0.3) is 0 Å². The summed E-state index contributed by atoms with van der Waals surface area (Å²) in [7, 11) is 6.63. The summed E-state index contributed by atoms with van der Waals surface area (Å²) in [6.07, 6.45) is 4.13. The smallest absolute Gasteiger partial charge is 0.164 e. The number of hydrogen-bond donors (Lipinski definition) is 0. The normalized spacial score (nSPS) is 19.1. The molecule has 2 heterocycles. The summed E-state index contributed by atoms with van der Waals surface area (Å²) < 4.78 is 28.3. The van der Waals surface area contributed by atoms with Crippen LogP contribution in [0, 0.1) is 23.2 Å². The highest BCUT2D eigenvalue weighted by atomic mass is 16.5. The second-order valence-electron chi connectivity index (χ2n) is 11.9. The Morgan fingerprint density at radius 3 is 1.93 bits per heavy atom. The highest BCUT2D eigenvalue weighted by Crippen LogP contribution is 2.35. The van der Waals surface area contributed by atoms with Crippen molar-refractivity contribution in [3.8, 4) is 34.8 Å². The first-order chi connectivity index (χ1) is 21.5. The lowest BCUT2D eigenvalue weighted by atomic mass is 9.84. The summed E-state index contributed by atoms with van der Waals surface area (Å²) in [6.45, 7) is 6.76. The molecule has 0 aliphatic carbocycles. The summed E-state index contributed by atoms with van der Waals surface area (Å²) in [5.74, 6) is 5.05. The Morgan fingerprint density at radius 1 is 0.727 bits per heavy atom. The molecule has 234 valence electrons. The van der Waals surface area contributed by atoms with Gasteiger partial charge in [0.05, 0.1) is 40.1 Å². The Balaban J connectivity index is 1.14. The van der Waals surface area contributed by atoms with Crippen LogP contribution < -0.4 is 23.7 Å². The monoisotopic (exact) mass is 599 g/mol. The standard InChI is InChI=1S/C36H45N3O5/c1-40-33-13-9-26(19-35(33)42-3)15-17-39-24-28-18-29(25-39)23-38(22-28)16-5-6-32(30-10-7-27(21-37)8-11-30)44-31-12-14-34(41-2)36(20-31)43-4/h7-14,19-20,28-29,32H,5-6,15-18,22-25H2,1-4H3. The molecule has 44 heavy (non-hydrogen) atoms. The Labute approximate surface area is 262 Å². The molecule has 3 atom stereocenters. The number of hydrogen-bond acceptors (Lipinski definition) is 8. The fourth-order valence-electron chi connectivity index (χ4n) is 6.80. The Morgan fingerprint density at radius 2 is 1.32 bits per heavy atom. The van der Waals surface area contributed by atoms with Crippen LogP contribution in [0.5, 0.6) is 28.7 Å². The largest absolute Gasteiger partial charge is 0.493 e. The third kappa shape index (κ3) is 7.96. The van der Waals surface area contributed by atoms with Crippen LogP contribution >= 0.6 is 0 Å². The van der Waals surface area contributed by atoms with Crippen molar-refractivity contribution < 1.29 is 23.7 Å². The van der Waals surface area contributed by atoms with E-state index in [-0.39, 0.29) is 6.10 Å². The average molecular weight is 600 g/mol. The number of nitriles is 1. The third-order valence-electron chi connectivity index (χ3n) is 8.88. The minimum Gasteiger partial charge on any atom is -0.493 e. The van der Waals surface area contributed by atoms with Crippen molar-refractivity contribution in [2.45, 2.75) is 31.8 Å². The lowest BCUT2D eigenvalue weighted by molar-refractivity contribution is 0.0298. The average Bonchev–Trinajstić information content (AvgIpc) is 3.06. The molecule has 3 aromatic carbocycles. The highest BCUT2D eigenvalue weighted by Gasteiger charge is 2.33. The first-order valence-electron chi connectivity index (χ1n) is 15.6. The molecule has 0 spiro atoms. The number of likely N-dealkylation sites (tertiary alicyclic amines) is 2. The van der Waals surface area contributed by atoms with E-state index in [1.54, 1.807) is 28.4 Å². The molecule has 2 fully saturated rings. The number of rotatable bonds is 14. The maximum Gasteiger partial charge on any atom is 0.164 e. The molecule has 0 N–H and O–H groups in total. The van der Waals surface area contributed by atoms with Gasteiger partial charge in [0.25, 0.3) is 0 Å². The maximum atomic E-state index is 9.27.